The standard InChI is InChI=1S/C19H25N5O2S/c1-5-23-10-9-16(21-23)18(25)24(12-11-22(3)4)19-20-15-8-7-14(26-6-2)13-17(15)27-19/h7-10,13H,5-6,11-12H2,1-4H3. The van der Waals surface area contributed by atoms with Gasteiger partial charge >= 0.3 is 0 Å². The first-order chi connectivity index (χ1) is 13.0. The van der Waals surface area contributed by atoms with Gasteiger partial charge in [-0.3, -0.25) is 14.4 Å². The van der Waals surface area contributed by atoms with Crippen molar-refractivity contribution in [2.24, 2.45) is 0 Å². The van der Waals surface area contributed by atoms with Gasteiger partial charge in [-0.2, -0.15) is 5.10 Å². The van der Waals surface area contributed by atoms with Crippen LogP contribution in [0.3, 0.4) is 0 Å². The van der Waals surface area contributed by atoms with Gasteiger partial charge in [-0.15, -0.1) is 0 Å². The summed E-state index contributed by atoms with van der Waals surface area (Å²) in [5, 5.41) is 5.04. The van der Waals surface area contributed by atoms with Gasteiger partial charge in [0, 0.05) is 25.8 Å². The highest BCUT2D eigenvalue weighted by molar-refractivity contribution is 7.22. The van der Waals surface area contributed by atoms with Gasteiger partial charge in [0.05, 0.1) is 16.8 Å². The SMILES string of the molecule is CCOc1ccc2nc(N(CCN(C)C)C(=O)c3ccn(CC)n3)sc2c1. The van der Waals surface area contributed by atoms with Crippen LogP contribution in [-0.2, 0) is 6.54 Å². The third-order valence-electron chi connectivity index (χ3n) is 4.09. The van der Waals surface area contributed by atoms with Gasteiger partial charge < -0.3 is 9.64 Å². The van der Waals surface area contributed by atoms with Crippen LogP contribution in [0.25, 0.3) is 10.2 Å². The van der Waals surface area contributed by atoms with Crippen LogP contribution < -0.4 is 9.64 Å². The number of amides is 1. The maximum absolute atomic E-state index is 13.1. The molecule has 0 fully saturated rings. The predicted molar refractivity (Wildman–Crippen MR) is 109 cm³/mol. The van der Waals surface area contributed by atoms with Gasteiger partial charge in [0.1, 0.15) is 5.75 Å². The Labute approximate surface area is 163 Å². The molecule has 2 aromatic heterocycles. The summed E-state index contributed by atoms with van der Waals surface area (Å²) in [5.74, 6) is 0.682. The first-order valence-electron chi connectivity index (χ1n) is 9.05. The summed E-state index contributed by atoms with van der Waals surface area (Å²) in [4.78, 5) is 21.6. The molecule has 0 N–H and O–H groups in total. The summed E-state index contributed by atoms with van der Waals surface area (Å²) in [6.07, 6.45) is 1.82. The van der Waals surface area contributed by atoms with E-state index in [0.717, 1.165) is 29.1 Å². The summed E-state index contributed by atoms with van der Waals surface area (Å²) >= 11 is 1.49. The largest absolute Gasteiger partial charge is 0.494 e. The average molecular weight is 388 g/mol. The van der Waals surface area contributed by atoms with Gasteiger partial charge in [-0.1, -0.05) is 11.3 Å². The molecule has 0 aliphatic carbocycles. The number of carbonyl (C=O) groups is 1. The van der Waals surface area contributed by atoms with Crippen molar-refractivity contribution in [2.45, 2.75) is 20.4 Å². The Morgan fingerprint density at radius 2 is 2.04 bits per heavy atom. The van der Waals surface area contributed by atoms with Crippen molar-refractivity contribution in [3.63, 3.8) is 0 Å². The van der Waals surface area contributed by atoms with Crippen LogP contribution >= 0.6 is 11.3 Å². The maximum Gasteiger partial charge on any atom is 0.280 e. The van der Waals surface area contributed by atoms with E-state index in [-0.39, 0.29) is 5.91 Å². The molecule has 3 rings (SSSR count). The monoisotopic (exact) mass is 387 g/mol. The van der Waals surface area contributed by atoms with E-state index in [4.69, 9.17) is 4.74 Å². The van der Waals surface area contributed by atoms with Gasteiger partial charge in [0.25, 0.3) is 5.91 Å². The minimum atomic E-state index is -0.131. The molecular formula is C19H25N5O2S. The number of thiazole rings is 1. The quantitative estimate of drug-likeness (QED) is 0.594. The van der Waals surface area contributed by atoms with Crippen LogP contribution in [0.4, 0.5) is 5.13 Å². The van der Waals surface area contributed by atoms with Crippen molar-refractivity contribution >= 4 is 32.6 Å². The molecule has 0 unspecified atom stereocenters. The second kappa shape index (κ2) is 8.49. The van der Waals surface area contributed by atoms with Gasteiger partial charge in [-0.25, -0.2) is 4.98 Å². The van der Waals surface area contributed by atoms with Crippen molar-refractivity contribution in [3.05, 3.63) is 36.2 Å². The van der Waals surface area contributed by atoms with E-state index < -0.39 is 0 Å². The number of carbonyl (C=O) groups excluding carboxylic acids is 1. The fourth-order valence-electron chi connectivity index (χ4n) is 2.64. The highest BCUT2D eigenvalue weighted by Gasteiger charge is 2.23. The van der Waals surface area contributed by atoms with Crippen LogP contribution in [0.5, 0.6) is 5.75 Å². The van der Waals surface area contributed by atoms with Crippen molar-refractivity contribution in [1.29, 1.82) is 0 Å². The number of ether oxygens (including phenoxy) is 1. The number of aromatic nitrogens is 3. The van der Waals surface area contributed by atoms with Crippen LogP contribution in [0, 0.1) is 0 Å². The molecule has 8 heteroatoms. The normalized spacial score (nSPS) is 11.3. The Hall–Kier alpha value is -2.45. The lowest BCUT2D eigenvalue weighted by atomic mass is 10.3. The Bertz CT molecular complexity index is 918. The van der Waals surface area contributed by atoms with Crippen molar-refractivity contribution in [1.82, 2.24) is 19.7 Å². The first kappa shape index (κ1) is 19.3. The molecule has 0 saturated heterocycles. The molecule has 0 aliphatic heterocycles. The third kappa shape index (κ3) is 4.45. The molecule has 0 aliphatic rings. The minimum Gasteiger partial charge on any atom is -0.494 e. The third-order valence-corrected chi connectivity index (χ3v) is 5.13. The zero-order valence-corrected chi connectivity index (χ0v) is 17.0. The highest BCUT2D eigenvalue weighted by Crippen LogP contribution is 2.32. The van der Waals surface area contributed by atoms with E-state index in [0.29, 0.717) is 24.0 Å². The van der Waals surface area contributed by atoms with Crippen molar-refractivity contribution in [2.75, 3.05) is 38.7 Å². The van der Waals surface area contributed by atoms with E-state index in [2.05, 4.69) is 10.1 Å². The van der Waals surface area contributed by atoms with E-state index in [1.165, 1.54) is 11.3 Å². The number of fused-ring (bicyclic) bond motifs is 1. The molecule has 0 atom stereocenters. The summed E-state index contributed by atoms with van der Waals surface area (Å²) in [6.45, 7) is 6.58. The number of benzene rings is 1. The highest BCUT2D eigenvalue weighted by atomic mass is 32.1. The molecule has 2 heterocycles. The minimum absolute atomic E-state index is 0.131. The molecule has 0 bridgehead atoms. The average Bonchev–Trinajstić information content (AvgIpc) is 3.28. The van der Waals surface area contributed by atoms with E-state index in [9.17, 15) is 4.79 Å². The van der Waals surface area contributed by atoms with Gasteiger partial charge in [0.15, 0.2) is 10.8 Å². The topological polar surface area (TPSA) is 63.5 Å². The smallest absolute Gasteiger partial charge is 0.280 e. The Morgan fingerprint density at radius 1 is 1.22 bits per heavy atom. The second-order valence-corrected chi connectivity index (χ2v) is 7.38. The van der Waals surface area contributed by atoms with E-state index in [1.54, 1.807) is 15.6 Å². The van der Waals surface area contributed by atoms with Crippen molar-refractivity contribution in [3.8, 4) is 5.75 Å². The number of hydrogen-bond donors (Lipinski definition) is 0. The van der Waals surface area contributed by atoms with Crippen molar-refractivity contribution < 1.29 is 9.53 Å². The maximum atomic E-state index is 13.1. The van der Waals surface area contributed by atoms with Crippen LogP contribution in [-0.4, -0.2) is 59.4 Å². The summed E-state index contributed by atoms with van der Waals surface area (Å²) in [7, 11) is 3.97. The Balaban J connectivity index is 1.94. The first-order valence-corrected chi connectivity index (χ1v) is 9.87. The molecule has 144 valence electrons. The molecule has 1 amide bonds. The number of hydrogen-bond acceptors (Lipinski definition) is 6. The van der Waals surface area contributed by atoms with E-state index in [1.807, 2.05) is 57.2 Å². The van der Waals surface area contributed by atoms with E-state index >= 15 is 0 Å². The molecule has 27 heavy (non-hydrogen) atoms. The molecule has 0 radical (unpaired) electrons. The summed E-state index contributed by atoms with van der Waals surface area (Å²) in [5.41, 5.74) is 1.30. The fourth-order valence-corrected chi connectivity index (χ4v) is 3.66. The molecule has 0 saturated carbocycles. The molecular weight excluding hydrogens is 362 g/mol. The number of likely N-dealkylation sites (N-methyl/N-ethyl adjacent to an activating group) is 1. The van der Waals surface area contributed by atoms with Crippen LogP contribution in [0.1, 0.15) is 24.3 Å². The summed E-state index contributed by atoms with van der Waals surface area (Å²) in [6, 6.07) is 7.57. The molecule has 3 aromatic rings. The molecule has 0 spiro atoms. The van der Waals surface area contributed by atoms with Gasteiger partial charge in [0.2, 0.25) is 0 Å². The number of anilines is 1. The number of aryl methyl sites for hydroxylation is 1. The zero-order valence-electron chi connectivity index (χ0n) is 16.2. The van der Waals surface area contributed by atoms with Crippen LogP contribution in [0.2, 0.25) is 0 Å². The summed E-state index contributed by atoms with van der Waals surface area (Å²) < 4.78 is 8.33. The lowest BCUT2D eigenvalue weighted by Gasteiger charge is -2.21. The Kier molecular flexibility index (Phi) is 6.08. The lowest BCUT2D eigenvalue weighted by Crippen LogP contribution is -2.37. The molecule has 7 nitrogen and oxygen atoms in total. The fraction of sp³-hybridized carbons (Fsp3) is 0.421. The Morgan fingerprint density at radius 3 is 2.70 bits per heavy atom. The lowest BCUT2D eigenvalue weighted by molar-refractivity contribution is 0.0979. The molecule has 1 aromatic carbocycles. The van der Waals surface area contributed by atoms with Gasteiger partial charge in [-0.05, 0) is 52.2 Å². The number of nitrogens with zero attached hydrogens (tertiary/aromatic N) is 5. The zero-order chi connectivity index (χ0) is 19.4. The number of rotatable bonds is 8. The second-order valence-electron chi connectivity index (χ2n) is 6.38. The predicted octanol–water partition coefficient (Wildman–Crippen LogP) is 3.12. The van der Waals surface area contributed by atoms with Crippen LogP contribution in [0.15, 0.2) is 30.5 Å².